The molecule has 4 aromatic carbocycles. The molecule has 0 aliphatic heterocycles. The second kappa shape index (κ2) is 13.9. The van der Waals surface area contributed by atoms with E-state index >= 15 is 0 Å². The van der Waals surface area contributed by atoms with Crippen LogP contribution in [0, 0.1) is 11.1 Å². The number of nitrogens with zero attached hydrogens (tertiary/aromatic N) is 7. The van der Waals surface area contributed by atoms with Gasteiger partial charge in [0.25, 0.3) is 0 Å². The average molecular weight is 786 g/mol. The Morgan fingerprint density at radius 3 is 2.33 bits per heavy atom. The number of carbonyl (C=O) groups is 1. The highest BCUT2D eigenvalue weighted by atomic mass is 127. The van der Waals surface area contributed by atoms with Crippen molar-refractivity contribution in [3.8, 4) is 39.1 Å². The Balaban J connectivity index is 1.12. The van der Waals surface area contributed by atoms with Crippen molar-refractivity contribution in [2.45, 2.75) is 29.2 Å². The van der Waals surface area contributed by atoms with Gasteiger partial charge >= 0.3 is 5.97 Å². The number of pyridine rings is 1. The molecule has 0 saturated heterocycles. The van der Waals surface area contributed by atoms with E-state index in [9.17, 15) is 15.1 Å². The van der Waals surface area contributed by atoms with Crippen LogP contribution in [0.25, 0.3) is 39.1 Å². The molecule has 252 valence electrons. The van der Waals surface area contributed by atoms with Crippen LogP contribution < -0.4 is 4.73 Å². The summed E-state index contributed by atoms with van der Waals surface area (Å²) in [7, 11) is 0. The first-order valence-corrected chi connectivity index (χ1v) is 18.2. The topological polar surface area (TPSA) is 126 Å². The van der Waals surface area contributed by atoms with Crippen molar-refractivity contribution in [3.63, 3.8) is 0 Å². The van der Waals surface area contributed by atoms with Gasteiger partial charge < -0.3 is 10.3 Å². The summed E-state index contributed by atoms with van der Waals surface area (Å²) in [6.07, 6.45) is 8.65. The first-order valence-electron chi connectivity index (χ1n) is 16.6. The predicted molar refractivity (Wildman–Crippen MR) is 201 cm³/mol. The molecule has 10 nitrogen and oxygen atoms in total. The summed E-state index contributed by atoms with van der Waals surface area (Å²) in [5.41, 5.74) is 9.71. The number of aromatic carboxylic acids is 1. The third-order valence-electron chi connectivity index (χ3n) is 9.69. The second-order valence-corrected chi connectivity index (χ2v) is 13.6. The Morgan fingerprint density at radius 1 is 0.902 bits per heavy atom. The molecule has 3 heterocycles. The smallest absolute Gasteiger partial charge is 0.335 e. The molecule has 1 N–H and O–H groups in total. The maximum absolute atomic E-state index is 14.1. The van der Waals surface area contributed by atoms with E-state index in [4.69, 9.17) is 5.10 Å². The molecule has 51 heavy (non-hydrogen) atoms. The summed E-state index contributed by atoms with van der Waals surface area (Å²) >= 11 is 2.33. The molecule has 11 heteroatoms. The van der Waals surface area contributed by atoms with Crippen LogP contribution in [0.3, 0.4) is 0 Å². The predicted octanol–water partition coefficient (Wildman–Crippen LogP) is 7.91. The minimum absolute atomic E-state index is 0.223. The van der Waals surface area contributed by atoms with Crippen LogP contribution in [0.2, 0.25) is 0 Å². The molecular formula is C40H32IN7O3. The molecule has 1 saturated carbocycles. The highest BCUT2D eigenvalue weighted by Crippen LogP contribution is 2.52. The molecule has 0 amide bonds. The number of carboxylic acids is 1. The van der Waals surface area contributed by atoms with Crippen molar-refractivity contribution in [1.29, 1.82) is 0 Å². The molecule has 1 aliphatic rings. The summed E-state index contributed by atoms with van der Waals surface area (Å²) < 4.78 is 5.26. The van der Waals surface area contributed by atoms with Crippen LogP contribution in [0.4, 0.5) is 0 Å². The van der Waals surface area contributed by atoms with E-state index in [0.29, 0.717) is 17.5 Å². The Hall–Kier alpha value is -5.69. The molecule has 0 spiro atoms. The van der Waals surface area contributed by atoms with E-state index < -0.39 is 5.97 Å². The Morgan fingerprint density at radius 2 is 1.63 bits per heavy atom. The van der Waals surface area contributed by atoms with Gasteiger partial charge in [0.2, 0.25) is 5.69 Å². The van der Waals surface area contributed by atoms with Gasteiger partial charge in [0.15, 0.2) is 6.20 Å². The van der Waals surface area contributed by atoms with E-state index in [1.54, 1.807) is 47.7 Å². The molecule has 0 radical (unpaired) electrons. The number of hydrogen-bond donors (Lipinski definition) is 1. The number of halogens is 1. The van der Waals surface area contributed by atoms with Crippen molar-refractivity contribution in [3.05, 3.63) is 162 Å². The number of carboxylic acid groups (broad SMARTS) is 1. The fourth-order valence-corrected chi connectivity index (χ4v) is 7.34. The highest BCUT2D eigenvalue weighted by molar-refractivity contribution is 14.1. The molecule has 3 unspecified atom stereocenters. The van der Waals surface area contributed by atoms with Gasteiger partial charge in [-0.05, 0) is 93.3 Å². The molecule has 7 aromatic rings. The first-order chi connectivity index (χ1) is 24.9. The molecule has 1 aliphatic carbocycles. The summed E-state index contributed by atoms with van der Waals surface area (Å²) in [5, 5.41) is 39.9. The number of aromatic nitrogens is 7. The summed E-state index contributed by atoms with van der Waals surface area (Å²) in [5.74, 6) is -0.211. The zero-order valence-corrected chi connectivity index (χ0v) is 29.5. The van der Waals surface area contributed by atoms with Crippen LogP contribution in [0.15, 0.2) is 134 Å². The molecule has 3 aromatic heterocycles. The Kier molecular flexibility index (Phi) is 8.86. The largest absolute Gasteiger partial charge is 0.618 e. The quantitative estimate of drug-likeness (QED) is 0.0612. The number of benzene rings is 4. The van der Waals surface area contributed by atoms with E-state index in [2.05, 4.69) is 92.7 Å². The zero-order chi connectivity index (χ0) is 34.9. The van der Waals surface area contributed by atoms with Crippen LogP contribution in [0.1, 0.15) is 52.0 Å². The van der Waals surface area contributed by atoms with Gasteiger partial charge in [-0.15, -0.1) is 5.10 Å². The highest BCUT2D eigenvalue weighted by Gasteiger charge is 2.42. The van der Waals surface area contributed by atoms with Crippen molar-refractivity contribution in [2.24, 2.45) is 5.92 Å². The van der Waals surface area contributed by atoms with Crippen LogP contribution in [0.5, 0.6) is 0 Å². The van der Waals surface area contributed by atoms with Crippen molar-refractivity contribution in [2.75, 3.05) is 0 Å². The lowest BCUT2D eigenvalue weighted by molar-refractivity contribution is -0.615. The van der Waals surface area contributed by atoms with E-state index in [-0.39, 0.29) is 11.6 Å². The van der Waals surface area contributed by atoms with Gasteiger partial charge in [0, 0.05) is 33.4 Å². The van der Waals surface area contributed by atoms with Gasteiger partial charge in [0.1, 0.15) is 12.4 Å². The first kappa shape index (κ1) is 32.5. The molecule has 3 atom stereocenters. The molecular weight excluding hydrogens is 753 g/mol. The van der Waals surface area contributed by atoms with Crippen molar-refractivity contribution >= 4 is 28.6 Å². The number of rotatable bonds is 11. The average Bonchev–Trinajstić information content (AvgIpc) is 3.49. The third kappa shape index (κ3) is 6.76. The summed E-state index contributed by atoms with van der Waals surface area (Å²) in [6.45, 7) is 0. The fraction of sp³-hybridized carbons (Fsp3) is 0.150. The molecule has 0 bridgehead atoms. The number of hydrogen-bond acceptors (Lipinski definition) is 6. The van der Waals surface area contributed by atoms with Gasteiger partial charge in [-0.1, -0.05) is 95.4 Å². The number of alkyl halides is 1. The van der Waals surface area contributed by atoms with Gasteiger partial charge in [-0.25, -0.2) is 4.79 Å². The third-order valence-corrected chi connectivity index (χ3v) is 10.6. The Bertz CT molecular complexity index is 2310. The number of tetrazole rings is 1. The molecule has 1 fully saturated rings. The lowest BCUT2D eigenvalue weighted by atomic mass is 9.98. The SMILES string of the molecule is O=C(O)c1ccc(-c2cnn(C(CC3CC3c3ccc(-c4ccccc4)cc3)c3ccc(-c4cc(CI)ccc4-n4cnnn4)c[n+]3[O-])c2)cc1. The fourth-order valence-electron chi connectivity index (χ4n) is 6.86. The monoisotopic (exact) mass is 785 g/mol. The van der Waals surface area contributed by atoms with Crippen LogP contribution in [-0.4, -0.2) is 41.1 Å². The molecule has 8 rings (SSSR count). The second-order valence-electron chi connectivity index (χ2n) is 12.8. The lowest BCUT2D eigenvalue weighted by Crippen LogP contribution is -2.35. The van der Waals surface area contributed by atoms with Crippen molar-refractivity contribution in [1.82, 2.24) is 30.0 Å². The van der Waals surface area contributed by atoms with Gasteiger partial charge in [-0.3, -0.25) is 4.68 Å². The van der Waals surface area contributed by atoms with Crippen LogP contribution in [-0.2, 0) is 4.43 Å². The van der Waals surface area contributed by atoms with E-state index in [1.807, 2.05) is 41.2 Å². The van der Waals surface area contributed by atoms with Crippen LogP contribution >= 0.6 is 22.6 Å². The minimum atomic E-state index is -0.972. The van der Waals surface area contributed by atoms with Gasteiger partial charge in [0.05, 0.1) is 17.4 Å². The van der Waals surface area contributed by atoms with Crippen molar-refractivity contribution < 1.29 is 14.6 Å². The van der Waals surface area contributed by atoms with Gasteiger partial charge in [-0.2, -0.15) is 14.5 Å². The minimum Gasteiger partial charge on any atom is -0.618 e. The standard InChI is InChI=1S/C40H32IN7O3/c41-21-26-6-16-37(47-25-42-44-45-47)36(18-26)32-15-17-38(48(51)24-32)39(46-23-34(22-43-46)29-9-13-31(14-10-29)40(49)50)20-33-19-35(33)30-11-7-28(8-12-30)27-4-2-1-3-5-27/h1-18,22-25,33,35,39H,19-21H2,(H,49,50). The zero-order valence-electron chi connectivity index (χ0n) is 27.3. The normalized spacial score (nSPS) is 15.8. The maximum Gasteiger partial charge on any atom is 0.335 e. The summed E-state index contributed by atoms with van der Waals surface area (Å²) in [4.78, 5) is 11.4. The van der Waals surface area contributed by atoms with E-state index in [1.165, 1.54) is 16.7 Å². The maximum atomic E-state index is 14.1. The summed E-state index contributed by atoms with van der Waals surface area (Å²) in [6, 6.07) is 35.6. The lowest BCUT2D eigenvalue weighted by Gasteiger charge is -2.18. The Labute approximate surface area is 307 Å². The van der Waals surface area contributed by atoms with E-state index in [0.717, 1.165) is 55.5 Å².